The van der Waals surface area contributed by atoms with E-state index in [0.29, 0.717) is 23.9 Å². The van der Waals surface area contributed by atoms with Crippen LogP contribution in [0.3, 0.4) is 0 Å². The van der Waals surface area contributed by atoms with Crippen LogP contribution < -0.4 is 16.0 Å². The number of nitrogens with two attached hydrogens (primary N) is 1. The number of carbonyl (C=O) groups excluding carboxylic acids is 1. The van der Waals surface area contributed by atoms with Gasteiger partial charge in [0.15, 0.2) is 0 Å². The summed E-state index contributed by atoms with van der Waals surface area (Å²) in [4.78, 5) is 27.8. The van der Waals surface area contributed by atoms with E-state index in [-0.39, 0.29) is 11.9 Å². The van der Waals surface area contributed by atoms with Gasteiger partial charge < -0.3 is 16.0 Å². The lowest BCUT2D eigenvalue weighted by Gasteiger charge is -2.33. The van der Waals surface area contributed by atoms with E-state index in [4.69, 9.17) is 5.73 Å². The van der Waals surface area contributed by atoms with Gasteiger partial charge in [0.2, 0.25) is 5.95 Å². The van der Waals surface area contributed by atoms with Crippen LogP contribution in [-0.4, -0.2) is 40.0 Å². The molecule has 4 rings (SSSR count). The first-order chi connectivity index (χ1) is 14.1. The lowest BCUT2D eigenvalue weighted by Crippen LogP contribution is -2.48. The van der Waals surface area contributed by atoms with Crippen molar-refractivity contribution in [3.8, 4) is 11.1 Å². The van der Waals surface area contributed by atoms with Crippen LogP contribution in [0, 0.1) is 6.92 Å². The largest absolute Gasteiger partial charge is 0.384 e. The maximum Gasteiger partial charge on any atom is 0.251 e. The van der Waals surface area contributed by atoms with E-state index in [1.165, 1.54) is 0 Å². The standard InChI is InChI=1S/C22H24N6O/c1-15-19(9-10-20(23)26-15)16-5-7-17(8-6-16)21(29)27-18-4-2-13-28(14-18)22-24-11-3-12-25-22/h3,5-12,18H,2,4,13-14H2,1H3,(H2,23,26)(H,27,29)/t18-/m1/s1. The zero-order valence-corrected chi connectivity index (χ0v) is 16.4. The smallest absolute Gasteiger partial charge is 0.251 e. The topological polar surface area (TPSA) is 97.0 Å². The summed E-state index contributed by atoms with van der Waals surface area (Å²) in [5, 5.41) is 3.15. The molecule has 0 unspecified atom stereocenters. The van der Waals surface area contributed by atoms with Crippen LogP contribution >= 0.6 is 0 Å². The van der Waals surface area contributed by atoms with Crippen molar-refractivity contribution in [3.63, 3.8) is 0 Å². The van der Waals surface area contributed by atoms with Crippen LogP contribution in [0.1, 0.15) is 28.9 Å². The Hall–Kier alpha value is -3.48. The number of rotatable bonds is 4. The van der Waals surface area contributed by atoms with Gasteiger partial charge >= 0.3 is 0 Å². The maximum absolute atomic E-state index is 12.7. The Bertz CT molecular complexity index is 990. The number of anilines is 2. The Morgan fingerprint density at radius 1 is 1.14 bits per heavy atom. The zero-order chi connectivity index (χ0) is 20.2. The Kier molecular flexibility index (Phi) is 5.37. The summed E-state index contributed by atoms with van der Waals surface area (Å²) in [6.07, 6.45) is 5.42. The average Bonchev–Trinajstić information content (AvgIpc) is 2.75. The van der Waals surface area contributed by atoms with Crippen molar-refractivity contribution >= 4 is 17.7 Å². The number of carbonyl (C=O) groups is 1. The molecule has 0 radical (unpaired) electrons. The second kappa shape index (κ2) is 8.26. The minimum absolute atomic E-state index is 0.0652. The molecule has 148 valence electrons. The van der Waals surface area contributed by atoms with Gasteiger partial charge in [-0.15, -0.1) is 0 Å². The van der Waals surface area contributed by atoms with Crippen molar-refractivity contribution in [1.29, 1.82) is 0 Å². The molecular formula is C22H24N6O. The first-order valence-corrected chi connectivity index (χ1v) is 9.76. The molecule has 1 aliphatic rings. The highest BCUT2D eigenvalue weighted by atomic mass is 16.1. The normalized spacial score (nSPS) is 16.4. The molecule has 29 heavy (non-hydrogen) atoms. The van der Waals surface area contributed by atoms with Crippen molar-refractivity contribution < 1.29 is 4.79 Å². The molecule has 1 aliphatic heterocycles. The lowest BCUT2D eigenvalue weighted by atomic mass is 10.0. The third-order valence-electron chi connectivity index (χ3n) is 5.16. The van der Waals surface area contributed by atoms with Gasteiger partial charge in [-0.1, -0.05) is 12.1 Å². The summed E-state index contributed by atoms with van der Waals surface area (Å²) in [7, 11) is 0. The first kappa shape index (κ1) is 18.9. The minimum Gasteiger partial charge on any atom is -0.384 e. The van der Waals surface area contributed by atoms with Gasteiger partial charge in [-0.2, -0.15) is 0 Å². The van der Waals surface area contributed by atoms with Crippen LogP contribution in [-0.2, 0) is 0 Å². The van der Waals surface area contributed by atoms with E-state index >= 15 is 0 Å². The summed E-state index contributed by atoms with van der Waals surface area (Å²) < 4.78 is 0. The fourth-order valence-electron chi connectivity index (χ4n) is 3.69. The van der Waals surface area contributed by atoms with Crippen LogP contribution in [0.4, 0.5) is 11.8 Å². The highest BCUT2D eigenvalue weighted by molar-refractivity contribution is 5.95. The van der Waals surface area contributed by atoms with E-state index in [2.05, 4.69) is 25.2 Å². The number of benzene rings is 1. The highest BCUT2D eigenvalue weighted by Gasteiger charge is 2.23. The molecule has 0 aliphatic carbocycles. The number of nitrogen functional groups attached to an aromatic ring is 1. The number of nitrogens with zero attached hydrogens (tertiary/aromatic N) is 4. The Labute approximate surface area is 170 Å². The number of hydrogen-bond donors (Lipinski definition) is 2. The molecule has 1 amide bonds. The Morgan fingerprint density at radius 2 is 1.90 bits per heavy atom. The summed E-state index contributed by atoms with van der Waals surface area (Å²) in [5.74, 6) is 1.15. The molecule has 0 spiro atoms. The maximum atomic E-state index is 12.7. The molecular weight excluding hydrogens is 364 g/mol. The van der Waals surface area contributed by atoms with Gasteiger partial charge in [0.05, 0.1) is 0 Å². The van der Waals surface area contributed by atoms with Gasteiger partial charge in [-0.3, -0.25) is 4.79 Å². The van der Waals surface area contributed by atoms with Crippen molar-refractivity contribution in [2.45, 2.75) is 25.8 Å². The summed E-state index contributed by atoms with van der Waals surface area (Å²) in [5.41, 5.74) is 9.26. The fourth-order valence-corrected chi connectivity index (χ4v) is 3.69. The van der Waals surface area contributed by atoms with Crippen molar-refractivity contribution in [3.05, 3.63) is 66.1 Å². The minimum atomic E-state index is -0.0652. The van der Waals surface area contributed by atoms with Crippen molar-refractivity contribution in [1.82, 2.24) is 20.3 Å². The lowest BCUT2D eigenvalue weighted by molar-refractivity contribution is 0.0933. The molecule has 1 fully saturated rings. The van der Waals surface area contributed by atoms with Gasteiger partial charge in [0.25, 0.3) is 5.91 Å². The predicted octanol–water partition coefficient (Wildman–Crippen LogP) is 2.83. The molecule has 1 atom stereocenters. The number of nitrogens with one attached hydrogen (secondary N) is 1. The molecule has 1 saturated heterocycles. The quantitative estimate of drug-likeness (QED) is 0.713. The number of pyridine rings is 1. The summed E-state index contributed by atoms with van der Waals surface area (Å²) in [6, 6.07) is 13.2. The van der Waals surface area contributed by atoms with Gasteiger partial charge in [-0.05, 0) is 55.7 Å². The van der Waals surface area contributed by atoms with E-state index < -0.39 is 0 Å². The molecule has 7 heteroatoms. The van der Waals surface area contributed by atoms with Crippen LogP contribution in [0.5, 0.6) is 0 Å². The predicted molar refractivity (Wildman–Crippen MR) is 114 cm³/mol. The molecule has 1 aromatic carbocycles. The SMILES string of the molecule is Cc1nc(N)ccc1-c1ccc(C(=O)N[C@@H]2CCCN(c3ncccn3)C2)cc1. The van der Waals surface area contributed by atoms with Crippen molar-refractivity contribution in [2.24, 2.45) is 0 Å². The molecule has 0 saturated carbocycles. The Morgan fingerprint density at radius 3 is 2.62 bits per heavy atom. The van der Waals surface area contributed by atoms with E-state index in [0.717, 1.165) is 36.2 Å². The van der Waals surface area contributed by atoms with Gasteiger partial charge in [0.1, 0.15) is 5.82 Å². The molecule has 2 aromatic heterocycles. The monoisotopic (exact) mass is 388 g/mol. The molecule has 3 heterocycles. The van der Waals surface area contributed by atoms with Crippen LogP contribution in [0.15, 0.2) is 54.9 Å². The molecule has 0 bridgehead atoms. The third-order valence-corrected chi connectivity index (χ3v) is 5.16. The van der Waals surface area contributed by atoms with E-state index in [1.807, 2.05) is 37.3 Å². The van der Waals surface area contributed by atoms with E-state index in [9.17, 15) is 4.79 Å². The molecule has 7 nitrogen and oxygen atoms in total. The number of piperidine rings is 1. The summed E-state index contributed by atoms with van der Waals surface area (Å²) in [6.45, 7) is 3.54. The van der Waals surface area contributed by atoms with Crippen LogP contribution in [0.25, 0.3) is 11.1 Å². The Balaban J connectivity index is 1.42. The zero-order valence-electron chi connectivity index (χ0n) is 16.4. The third kappa shape index (κ3) is 4.34. The number of amides is 1. The second-order valence-electron chi connectivity index (χ2n) is 7.25. The fraction of sp³-hybridized carbons (Fsp3) is 0.273. The molecule has 3 N–H and O–H groups in total. The number of aromatic nitrogens is 3. The average molecular weight is 388 g/mol. The van der Waals surface area contributed by atoms with Gasteiger partial charge in [0, 0.05) is 48.3 Å². The highest BCUT2D eigenvalue weighted by Crippen LogP contribution is 2.23. The van der Waals surface area contributed by atoms with Gasteiger partial charge in [-0.25, -0.2) is 15.0 Å². The van der Waals surface area contributed by atoms with Crippen LogP contribution in [0.2, 0.25) is 0 Å². The second-order valence-corrected chi connectivity index (χ2v) is 7.25. The van der Waals surface area contributed by atoms with Crippen molar-refractivity contribution in [2.75, 3.05) is 23.7 Å². The number of hydrogen-bond acceptors (Lipinski definition) is 6. The summed E-state index contributed by atoms with van der Waals surface area (Å²) >= 11 is 0. The van der Waals surface area contributed by atoms with E-state index in [1.54, 1.807) is 24.5 Å². The number of aryl methyl sites for hydroxylation is 1. The first-order valence-electron chi connectivity index (χ1n) is 9.76. The molecule has 3 aromatic rings.